The molecule has 0 aliphatic rings. The lowest BCUT2D eigenvalue weighted by molar-refractivity contribution is -0.929. The van der Waals surface area contributed by atoms with Gasteiger partial charge in [-0.2, -0.15) is 0 Å². The summed E-state index contributed by atoms with van der Waals surface area (Å²) in [5, 5.41) is 12.0. The number of thiophene rings is 1. The average Bonchev–Trinajstić information content (AvgIpc) is 3.38. The third kappa shape index (κ3) is 4.39. The quantitative estimate of drug-likeness (QED) is 0.447. The van der Waals surface area contributed by atoms with Crippen LogP contribution in [-0.4, -0.2) is 35.4 Å². The summed E-state index contributed by atoms with van der Waals surface area (Å²) in [7, 11) is 1.70. The molecule has 0 aliphatic heterocycles. The van der Waals surface area contributed by atoms with Crippen molar-refractivity contribution in [2.75, 3.05) is 20.3 Å². The predicted octanol–water partition coefficient (Wildman–Crippen LogP) is 3.23. The zero-order valence-electron chi connectivity index (χ0n) is 15.4. The first-order chi connectivity index (χ1) is 13.7. The summed E-state index contributed by atoms with van der Waals surface area (Å²) < 4.78 is 11.1. The summed E-state index contributed by atoms with van der Waals surface area (Å²) in [5.74, 6) is 1.15. The lowest BCUT2D eigenvalue weighted by Crippen LogP contribution is -3.10. The molecule has 1 atom stereocenters. The molecule has 0 saturated heterocycles. The highest BCUT2D eigenvalue weighted by Gasteiger charge is 2.19. The highest BCUT2D eigenvalue weighted by atomic mass is 35.5. The number of halogens is 1. The van der Waals surface area contributed by atoms with Gasteiger partial charge in [0.1, 0.15) is 18.2 Å². The molecule has 8 heteroatoms. The molecule has 1 unspecified atom stereocenters. The van der Waals surface area contributed by atoms with Gasteiger partial charge in [-0.1, -0.05) is 35.9 Å². The maximum atomic E-state index is 6.45. The highest BCUT2D eigenvalue weighted by Crippen LogP contribution is 2.23. The van der Waals surface area contributed by atoms with Crippen LogP contribution in [0.1, 0.15) is 11.5 Å². The monoisotopic (exact) mass is 415 g/mol. The molecule has 28 heavy (non-hydrogen) atoms. The second-order valence-electron chi connectivity index (χ2n) is 6.46. The fourth-order valence-electron chi connectivity index (χ4n) is 3.05. The third-order valence-electron chi connectivity index (χ3n) is 4.45. The van der Waals surface area contributed by atoms with Crippen molar-refractivity contribution in [1.82, 2.24) is 15.2 Å². The van der Waals surface area contributed by atoms with Crippen molar-refractivity contribution in [2.45, 2.75) is 13.1 Å². The van der Waals surface area contributed by atoms with Gasteiger partial charge in [0.15, 0.2) is 6.54 Å². The van der Waals surface area contributed by atoms with Crippen LogP contribution in [0.2, 0.25) is 5.15 Å². The van der Waals surface area contributed by atoms with E-state index in [2.05, 4.69) is 21.2 Å². The molecule has 0 fully saturated rings. The van der Waals surface area contributed by atoms with Crippen LogP contribution in [-0.2, 0) is 17.8 Å². The number of rotatable bonds is 8. The minimum absolute atomic E-state index is 0.526. The second-order valence-corrected chi connectivity index (χ2v) is 7.76. The molecule has 0 aliphatic carbocycles. The SMILES string of the molecule is COCC[NH+](Cc1nnc(-c2cccs2)o1)Cc1cc2ccccc2nc1Cl. The van der Waals surface area contributed by atoms with Crippen LogP contribution in [0.25, 0.3) is 21.7 Å². The molecule has 4 aromatic rings. The molecule has 4 rings (SSSR count). The Balaban J connectivity index is 1.54. The number of nitrogens with zero attached hydrogens (tertiary/aromatic N) is 3. The maximum Gasteiger partial charge on any atom is 0.271 e. The van der Waals surface area contributed by atoms with E-state index in [1.165, 1.54) is 4.90 Å². The number of benzene rings is 1. The van der Waals surface area contributed by atoms with E-state index in [1.807, 2.05) is 41.8 Å². The molecular weight excluding hydrogens is 396 g/mol. The molecule has 1 aromatic carbocycles. The van der Waals surface area contributed by atoms with Gasteiger partial charge >= 0.3 is 0 Å². The summed E-state index contributed by atoms with van der Waals surface area (Å²) in [6.07, 6.45) is 0. The Morgan fingerprint density at radius 2 is 2.04 bits per heavy atom. The predicted molar refractivity (Wildman–Crippen MR) is 109 cm³/mol. The summed E-state index contributed by atoms with van der Waals surface area (Å²) in [6.45, 7) is 2.69. The molecule has 3 heterocycles. The van der Waals surface area contributed by atoms with Gasteiger partial charge in [-0.15, -0.1) is 21.5 Å². The Kier molecular flexibility index (Phi) is 5.97. The molecule has 0 spiro atoms. The number of nitrogens with one attached hydrogen (secondary N) is 1. The van der Waals surface area contributed by atoms with Crippen molar-refractivity contribution in [3.63, 3.8) is 0 Å². The largest absolute Gasteiger partial charge is 0.414 e. The molecule has 0 saturated carbocycles. The maximum absolute atomic E-state index is 6.45. The van der Waals surface area contributed by atoms with Crippen molar-refractivity contribution in [3.05, 3.63) is 64.5 Å². The van der Waals surface area contributed by atoms with E-state index in [9.17, 15) is 0 Å². The van der Waals surface area contributed by atoms with Gasteiger partial charge in [-0.05, 0) is 23.6 Å². The number of methoxy groups -OCH3 is 1. The Morgan fingerprint density at radius 3 is 2.86 bits per heavy atom. The summed E-state index contributed by atoms with van der Waals surface area (Å²) in [4.78, 5) is 6.71. The van der Waals surface area contributed by atoms with Crippen LogP contribution in [0.3, 0.4) is 0 Å². The standard InChI is InChI=1S/C20H19ClN4O2S/c1-26-9-8-25(13-18-23-24-20(27-18)17-7-4-10-28-17)12-15-11-14-5-2-3-6-16(14)22-19(15)21/h2-7,10-11H,8-9,12-13H2,1H3/p+1. The first-order valence-electron chi connectivity index (χ1n) is 8.96. The highest BCUT2D eigenvalue weighted by molar-refractivity contribution is 7.13. The summed E-state index contributed by atoms with van der Waals surface area (Å²) in [6, 6.07) is 14.0. The number of hydrogen-bond donors (Lipinski definition) is 1. The average molecular weight is 416 g/mol. The topological polar surface area (TPSA) is 65.5 Å². The van der Waals surface area contributed by atoms with Crippen LogP contribution in [0, 0.1) is 0 Å². The molecule has 0 amide bonds. The van der Waals surface area contributed by atoms with Crippen LogP contribution in [0.4, 0.5) is 0 Å². The third-order valence-corrected chi connectivity index (χ3v) is 5.64. The van der Waals surface area contributed by atoms with E-state index >= 15 is 0 Å². The minimum Gasteiger partial charge on any atom is -0.414 e. The molecule has 0 radical (unpaired) electrons. The first-order valence-corrected chi connectivity index (χ1v) is 10.2. The molecule has 0 bridgehead atoms. The van der Waals surface area contributed by atoms with Gasteiger partial charge in [0.2, 0.25) is 0 Å². The number of hydrogen-bond acceptors (Lipinski definition) is 6. The summed E-state index contributed by atoms with van der Waals surface area (Å²) >= 11 is 8.03. The first kappa shape index (κ1) is 19.0. The van der Waals surface area contributed by atoms with E-state index in [0.717, 1.165) is 27.9 Å². The van der Waals surface area contributed by atoms with E-state index in [-0.39, 0.29) is 0 Å². The van der Waals surface area contributed by atoms with Crippen molar-refractivity contribution in [3.8, 4) is 10.8 Å². The van der Waals surface area contributed by atoms with Gasteiger partial charge in [-0.3, -0.25) is 0 Å². The number of para-hydroxylation sites is 1. The number of quaternary nitrogens is 1. The molecular formula is C20H20ClN4O2S+. The zero-order valence-corrected chi connectivity index (χ0v) is 17.0. The van der Waals surface area contributed by atoms with Gasteiger partial charge < -0.3 is 14.1 Å². The molecule has 3 aromatic heterocycles. The second kappa shape index (κ2) is 8.79. The normalized spacial score (nSPS) is 12.5. The van der Waals surface area contributed by atoms with Crippen LogP contribution >= 0.6 is 22.9 Å². The van der Waals surface area contributed by atoms with Crippen molar-refractivity contribution < 1.29 is 14.1 Å². The number of pyridine rings is 1. The van der Waals surface area contributed by atoms with Gasteiger partial charge in [0.25, 0.3) is 11.8 Å². The van der Waals surface area contributed by atoms with E-state index in [1.54, 1.807) is 18.4 Å². The Hall–Kier alpha value is -2.32. The Labute approximate surface area is 171 Å². The van der Waals surface area contributed by atoms with Gasteiger partial charge in [0, 0.05) is 18.1 Å². The minimum atomic E-state index is 0.526. The Morgan fingerprint density at radius 1 is 1.14 bits per heavy atom. The lowest BCUT2D eigenvalue weighted by atomic mass is 10.1. The van der Waals surface area contributed by atoms with E-state index < -0.39 is 0 Å². The fourth-order valence-corrected chi connectivity index (χ4v) is 3.91. The lowest BCUT2D eigenvalue weighted by Gasteiger charge is -2.18. The number of aromatic nitrogens is 3. The summed E-state index contributed by atoms with van der Waals surface area (Å²) in [5.41, 5.74) is 1.89. The fraction of sp³-hybridized carbons (Fsp3) is 0.250. The van der Waals surface area contributed by atoms with Crippen molar-refractivity contribution in [1.29, 1.82) is 0 Å². The number of ether oxygens (including phenoxy) is 1. The molecule has 1 N–H and O–H groups in total. The number of fused-ring (bicyclic) bond motifs is 1. The van der Waals surface area contributed by atoms with Crippen molar-refractivity contribution in [2.24, 2.45) is 0 Å². The Bertz CT molecular complexity index is 1050. The van der Waals surface area contributed by atoms with Gasteiger partial charge in [0.05, 0.1) is 17.0 Å². The van der Waals surface area contributed by atoms with Gasteiger partial charge in [-0.25, -0.2) is 4.98 Å². The van der Waals surface area contributed by atoms with Crippen LogP contribution in [0.15, 0.2) is 52.3 Å². The molecule has 144 valence electrons. The van der Waals surface area contributed by atoms with E-state index in [0.29, 0.717) is 36.6 Å². The van der Waals surface area contributed by atoms with Crippen molar-refractivity contribution >= 4 is 33.8 Å². The molecule has 6 nitrogen and oxygen atoms in total. The zero-order chi connectivity index (χ0) is 19.3. The van der Waals surface area contributed by atoms with E-state index in [4.69, 9.17) is 20.8 Å². The smallest absolute Gasteiger partial charge is 0.271 e. The van der Waals surface area contributed by atoms with Crippen LogP contribution < -0.4 is 4.90 Å². The van der Waals surface area contributed by atoms with Crippen LogP contribution in [0.5, 0.6) is 0 Å².